The molecular weight excluding hydrogens is 292 g/mol. The van der Waals surface area contributed by atoms with Gasteiger partial charge in [0.2, 0.25) is 0 Å². The molecule has 0 saturated carbocycles. The Morgan fingerprint density at radius 1 is 1.50 bits per heavy atom. The number of halogens is 1. The van der Waals surface area contributed by atoms with E-state index in [9.17, 15) is 0 Å². The summed E-state index contributed by atoms with van der Waals surface area (Å²) in [6.07, 6.45) is 2.57. The maximum absolute atomic E-state index is 5.77. The number of piperidine rings is 1. The molecule has 0 aliphatic carbocycles. The Morgan fingerprint density at radius 3 is 3.17 bits per heavy atom. The first-order valence-electron chi connectivity index (χ1n) is 6.56. The second-order valence-corrected chi connectivity index (χ2v) is 5.65. The average Bonchev–Trinajstić information content (AvgIpc) is 2.39. The van der Waals surface area contributed by atoms with E-state index >= 15 is 0 Å². The summed E-state index contributed by atoms with van der Waals surface area (Å²) in [5.74, 6) is 0.937. The molecule has 1 fully saturated rings. The Labute approximate surface area is 118 Å². The molecule has 1 saturated heterocycles. The fraction of sp³-hybridized carbons (Fsp3) is 0.571. The molecule has 100 valence electrons. The van der Waals surface area contributed by atoms with Gasteiger partial charge in [0.05, 0.1) is 0 Å². The highest BCUT2D eigenvalue weighted by atomic mass is 79.9. The van der Waals surface area contributed by atoms with E-state index in [-0.39, 0.29) is 0 Å². The summed E-state index contributed by atoms with van der Waals surface area (Å²) in [5.41, 5.74) is 0. The summed E-state index contributed by atoms with van der Waals surface area (Å²) in [7, 11) is 2.05. The van der Waals surface area contributed by atoms with Crippen LogP contribution in [0.5, 0.6) is 5.75 Å². The Kier molecular flexibility index (Phi) is 5.47. The van der Waals surface area contributed by atoms with Gasteiger partial charge < -0.3 is 10.1 Å². The van der Waals surface area contributed by atoms with Gasteiger partial charge >= 0.3 is 0 Å². The van der Waals surface area contributed by atoms with Crippen LogP contribution in [0.1, 0.15) is 12.8 Å². The largest absolute Gasteiger partial charge is 0.492 e. The first kappa shape index (κ1) is 13.8. The molecule has 2 rings (SSSR count). The molecule has 4 heteroatoms. The maximum Gasteiger partial charge on any atom is 0.120 e. The first-order valence-corrected chi connectivity index (χ1v) is 7.35. The van der Waals surface area contributed by atoms with Gasteiger partial charge in [0.25, 0.3) is 0 Å². The molecule has 0 amide bonds. The SMILES string of the molecule is CNC1CCCN(CCOc2cccc(Br)c2)C1. The summed E-state index contributed by atoms with van der Waals surface area (Å²) < 4.78 is 6.83. The molecule has 1 aliphatic rings. The van der Waals surface area contributed by atoms with Gasteiger partial charge in [0.15, 0.2) is 0 Å². The van der Waals surface area contributed by atoms with Gasteiger partial charge in [-0.2, -0.15) is 0 Å². The van der Waals surface area contributed by atoms with Crippen molar-refractivity contribution in [3.8, 4) is 5.75 Å². The van der Waals surface area contributed by atoms with Crippen LogP contribution in [-0.2, 0) is 0 Å². The zero-order chi connectivity index (χ0) is 12.8. The van der Waals surface area contributed by atoms with Crippen molar-refractivity contribution in [3.63, 3.8) is 0 Å². The van der Waals surface area contributed by atoms with Crippen molar-refractivity contribution >= 4 is 15.9 Å². The van der Waals surface area contributed by atoms with Crippen molar-refractivity contribution in [1.82, 2.24) is 10.2 Å². The molecule has 0 aromatic heterocycles. The molecule has 3 nitrogen and oxygen atoms in total. The second kappa shape index (κ2) is 7.12. The third kappa shape index (κ3) is 4.26. The Hall–Kier alpha value is -0.580. The van der Waals surface area contributed by atoms with Crippen LogP contribution in [0.3, 0.4) is 0 Å². The number of nitrogens with zero attached hydrogens (tertiary/aromatic N) is 1. The van der Waals surface area contributed by atoms with Crippen molar-refractivity contribution in [2.45, 2.75) is 18.9 Å². The van der Waals surface area contributed by atoms with E-state index in [4.69, 9.17) is 4.74 Å². The minimum Gasteiger partial charge on any atom is -0.492 e. The molecule has 1 aromatic rings. The highest BCUT2D eigenvalue weighted by Crippen LogP contribution is 2.17. The number of benzene rings is 1. The Balaban J connectivity index is 1.72. The van der Waals surface area contributed by atoms with Gasteiger partial charge in [0, 0.05) is 23.6 Å². The quantitative estimate of drug-likeness (QED) is 0.904. The van der Waals surface area contributed by atoms with E-state index in [1.807, 2.05) is 31.3 Å². The van der Waals surface area contributed by atoms with Crippen LogP contribution in [0.2, 0.25) is 0 Å². The minimum absolute atomic E-state index is 0.643. The van der Waals surface area contributed by atoms with E-state index in [1.54, 1.807) is 0 Å². The van der Waals surface area contributed by atoms with E-state index in [2.05, 4.69) is 26.1 Å². The van der Waals surface area contributed by atoms with Gasteiger partial charge in [-0.15, -0.1) is 0 Å². The van der Waals surface area contributed by atoms with Crippen molar-refractivity contribution in [2.75, 3.05) is 33.3 Å². The van der Waals surface area contributed by atoms with E-state index in [0.29, 0.717) is 6.04 Å². The normalized spacial score (nSPS) is 20.9. The number of likely N-dealkylation sites (tertiary alicyclic amines) is 1. The number of hydrogen-bond donors (Lipinski definition) is 1. The Morgan fingerprint density at radius 2 is 2.39 bits per heavy atom. The molecule has 1 heterocycles. The topological polar surface area (TPSA) is 24.5 Å². The van der Waals surface area contributed by atoms with Crippen LogP contribution in [0, 0.1) is 0 Å². The number of rotatable bonds is 5. The van der Waals surface area contributed by atoms with Crippen LogP contribution in [0.4, 0.5) is 0 Å². The van der Waals surface area contributed by atoms with Crippen LogP contribution in [0.25, 0.3) is 0 Å². The minimum atomic E-state index is 0.643. The van der Waals surface area contributed by atoms with Gasteiger partial charge in [0.1, 0.15) is 12.4 Å². The zero-order valence-electron chi connectivity index (χ0n) is 10.9. The number of hydrogen-bond acceptors (Lipinski definition) is 3. The summed E-state index contributed by atoms with van der Waals surface area (Å²) in [6, 6.07) is 8.65. The lowest BCUT2D eigenvalue weighted by atomic mass is 10.1. The summed E-state index contributed by atoms with van der Waals surface area (Å²) in [5, 5.41) is 3.36. The fourth-order valence-electron chi connectivity index (χ4n) is 2.34. The van der Waals surface area contributed by atoms with Gasteiger partial charge in [-0.05, 0) is 44.6 Å². The summed E-state index contributed by atoms with van der Waals surface area (Å²) in [4.78, 5) is 2.47. The monoisotopic (exact) mass is 312 g/mol. The van der Waals surface area contributed by atoms with E-state index in [1.165, 1.54) is 19.4 Å². The summed E-state index contributed by atoms with van der Waals surface area (Å²) in [6.45, 7) is 4.09. The Bertz CT molecular complexity index is 373. The number of ether oxygens (including phenoxy) is 1. The predicted octanol–water partition coefficient (Wildman–Crippen LogP) is 2.51. The van der Waals surface area contributed by atoms with Crippen molar-refractivity contribution in [2.24, 2.45) is 0 Å². The first-order chi connectivity index (χ1) is 8.78. The highest BCUT2D eigenvalue weighted by Gasteiger charge is 2.17. The second-order valence-electron chi connectivity index (χ2n) is 4.73. The maximum atomic E-state index is 5.77. The standard InChI is InChI=1S/C14H21BrN2O/c1-16-13-5-3-7-17(11-13)8-9-18-14-6-2-4-12(15)10-14/h2,4,6,10,13,16H,3,5,7-9,11H2,1H3. The molecule has 1 aromatic carbocycles. The highest BCUT2D eigenvalue weighted by molar-refractivity contribution is 9.10. The van der Waals surface area contributed by atoms with Gasteiger partial charge in [-0.3, -0.25) is 4.90 Å². The van der Waals surface area contributed by atoms with Crippen LogP contribution < -0.4 is 10.1 Å². The van der Waals surface area contributed by atoms with Crippen LogP contribution >= 0.6 is 15.9 Å². The van der Waals surface area contributed by atoms with Crippen LogP contribution in [-0.4, -0.2) is 44.2 Å². The molecule has 0 spiro atoms. The van der Waals surface area contributed by atoms with Crippen molar-refractivity contribution in [1.29, 1.82) is 0 Å². The molecule has 0 bridgehead atoms. The smallest absolute Gasteiger partial charge is 0.120 e. The lowest BCUT2D eigenvalue weighted by molar-refractivity contribution is 0.162. The zero-order valence-corrected chi connectivity index (χ0v) is 12.4. The lowest BCUT2D eigenvalue weighted by Crippen LogP contribution is -2.45. The van der Waals surface area contributed by atoms with Gasteiger partial charge in [-0.1, -0.05) is 22.0 Å². The lowest BCUT2D eigenvalue weighted by Gasteiger charge is -2.32. The van der Waals surface area contributed by atoms with Crippen LogP contribution in [0.15, 0.2) is 28.7 Å². The molecule has 1 aliphatic heterocycles. The van der Waals surface area contributed by atoms with Crippen molar-refractivity contribution in [3.05, 3.63) is 28.7 Å². The molecule has 0 radical (unpaired) electrons. The third-order valence-electron chi connectivity index (χ3n) is 3.39. The molecule has 18 heavy (non-hydrogen) atoms. The predicted molar refractivity (Wildman–Crippen MR) is 78.2 cm³/mol. The van der Waals surface area contributed by atoms with Gasteiger partial charge in [-0.25, -0.2) is 0 Å². The summed E-state index contributed by atoms with van der Waals surface area (Å²) >= 11 is 3.45. The molecule has 1 N–H and O–H groups in total. The third-order valence-corrected chi connectivity index (χ3v) is 3.88. The fourth-order valence-corrected chi connectivity index (χ4v) is 2.72. The van der Waals surface area contributed by atoms with E-state index < -0.39 is 0 Å². The molecular formula is C14H21BrN2O. The number of likely N-dealkylation sites (N-methyl/N-ethyl adjacent to an activating group) is 1. The van der Waals surface area contributed by atoms with E-state index in [0.717, 1.165) is 29.9 Å². The average molecular weight is 313 g/mol. The number of nitrogens with one attached hydrogen (secondary N) is 1. The molecule has 1 unspecified atom stereocenters. The molecule has 1 atom stereocenters. The van der Waals surface area contributed by atoms with Crippen molar-refractivity contribution < 1.29 is 4.74 Å².